The number of hydrogen-bond donors (Lipinski definition) is 4. The molecule has 2 aliphatic heterocycles. The Kier molecular flexibility index (Phi) is 11.9. The molecule has 15 nitrogen and oxygen atoms in total. The van der Waals surface area contributed by atoms with Gasteiger partial charge in [-0.2, -0.15) is 28.6 Å². The molecule has 1 fully saturated rings. The third-order valence-electron chi connectivity index (χ3n) is 11.6. The number of carbonyl (C=O) groups is 3. The summed E-state index contributed by atoms with van der Waals surface area (Å²) in [4.78, 5) is 58.6. The zero-order valence-corrected chi connectivity index (χ0v) is 36.1. The largest absolute Gasteiger partial charge is 0.417 e. The molecule has 6 aromatic rings. The molecule has 0 saturated carbocycles. The Bertz CT molecular complexity index is 3060. The number of benzene rings is 4. The van der Waals surface area contributed by atoms with Crippen molar-refractivity contribution in [3.05, 3.63) is 135 Å². The summed E-state index contributed by atoms with van der Waals surface area (Å²) in [6.45, 7) is 3.12. The maximum atomic E-state index is 15.5. The maximum Gasteiger partial charge on any atom is 0.417 e. The van der Waals surface area contributed by atoms with Crippen molar-refractivity contribution in [3.63, 3.8) is 0 Å². The Hall–Kier alpha value is -7.60. The number of thiocarbonyl (C=S) groups is 1. The van der Waals surface area contributed by atoms with E-state index >= 15 is 4.39 Å². The van der Waals surface area contributed by atoms with E-state index in [1.165, 1.54) is 61.5 Å². The lowest BCUT2D eigenvalue weighted by atomic mass is 9.83. The second-order valence-corrected chi connectivity index (χ2v) is 16.6. The smallest absolute Gasteiger partial charge is 0.376 e. The first-order valence-electron chi connectivity index (χ1n) is 20.5. The molecule has 8 rings (SSSR count). The SMILES string of the molecule is Cn1ncnc1[C@@H]1c2n[nH]c(=O)c3cc(F)cc(c23)N[C@H]1c1ccc(NC(=O)CCCCCNC(=O)c2ccc(N3C(=S)N(c4ccc(C#N)c(C(F)(F)F)c4)C(=O)C3(C)C)cc2F)cc1. The summed E-state index contributed by atoms with van der Waals surface area (Å²) in [6.07, 6.45) is -1.74. The summed E-state index contributed by atoms with van der Waals surface area (Å²) in [7, 11) is 1.74. The van der Waals surface area contributed by atoms with Crippen molar-refractivity contribution in [1.82, 2.24) is 30.3 Å². The van der Waals surface area contributed by atoms with Crippen molar-refractivity contribution in [3.8, 4) is 6.07 Å². The van der Waals surface area contributed by atoms with Crippen LogP contribution in [0, 0.1) is 23.0 Å². The van der Waals surface area contributed by atoms with Crippen LogP contribution in [0.25, 0.3) is 10.8 Å². The number of carbonyl (C=O) groups excluding carboxylic acids is 3. The molecule has 1 saturated heterocycles. The topological polar surface area (TPSA) is 194 Å². The number of hydrogen-bond acceptors (Lipinski definition) is 10. The van der Waals surface area contributed by atoms with Crippen LogP contribution in [0.2, 0.25) is 0 Å². The molecule has 4 N–H and O–H groups in total. The maximum absolute atomic E-state index is 15.5. The van der Waals surface area contributed by atoms with Gasteiger partial charge < -0.3 is 20.9 Å². The molecule has 21 heteroatoms. The Labute approximate surface area is 377 Å². The normalized spacial score (nSPS) is 16.6. The van der Waals surface area contributed by atoms with Gasteiger partial charge in [0.2, 0.25) is 5.91 Å². The van der Waals surface area contributed by atoms with Gasteiger partial charge in [0, 0.05) is 42.5 Å². The van der Waals surface area contributed by atoms with Gasteiger partial charge in [0.15, 0.2) is 5.11 Å². The number of alkyl halides is 3. The van der Waals surface area contributed by atoms with Gasteiger partial charge in [-0.25, -0.2) is 18.9 Å². The second kappa shape index (κ2) is 17.4. The zero-order valence-electron chi connectivity index (χ0n) is 35.3. The number of aromatic nitrogens is 5. The van der Waals surface area contributed by atoms with Gasteiger partial charge >= 0.3 is 6.18 Å². The van der Waals surface area contributed by atoms with E-state index in [2.05, 4.69) is 36.2 Å². The Morgan fingerprint density at radius 3 is 2.39 bits per heavy atom. The Morgan fingerprint density at radius 1 is 0.970 bits per heavy atom. The van der Waals surface area contributed by atoms with Gasteiger partial charge in [0.05, 0.1) is 51.5 Å². The molecule has 2 atom stereocenters. The van der Waals surface area contributed by atoms with E-state index < -0.39 is 63.8 Å². The fourth-order valence-electron chi connectivity index (χ4n) is 8.34. The summed E-state index contributed by atoms with van der Waals surface area (Å²) in [5.41, 5.74) is -2.07. The van der Waals surface area contributed by atoms with Crippen LogP contribution in [0.15, 0.2) is 83.9 Å². The van der Waals surface area contributed by atoms with Crippen LogP contribution in [-0.4, -0.2) is 59.9 Å². The number of rotatable bonds is 12. The lowest BCUT2D eigenvalue weighted by Gasteiger charge is -2.33. The average molecular weight is 924 g/mol. The van der Waals surface area contributed by atoms with Crippen molar-refractivity contribution in [2.45, 2.75) is 63.2 Å². The number of nitrogens with zero attached hydrogens (tertiary/aromatic N) is 7. The van der Waals surface area contributed by atoms with Crippen LogP contribution in [0.5, 0.6) is 0 Å². The molecule has 66 heavy (non-hydrogen) atoms. The van der Waals surface area contributed by atoms with Crippen LogP contribution in [-0.2, 0) is 22.8 Å². The number of halogens is 5. The number of aromatic amines is 1. The molecule has 338 valence electrons. The molecule has 0 spiro atoms. The van der Waals surface area contributed by atoms with E-state index in [1.54, 1.807) is 23.9 Å². The first-order valence-corrected chi connectivity index (χ1v) is 20.9. The molecule has 4 aromatic carbocycles. The minimum atomic E-state index is -4.88. The fraction of sp³-hybridized carbons (Fsp3) is 0.267. The highest BCUT2D eigenvalue weighted by molar-refractivity contribution is 7.81. The number of amides is 3. The second-order valence-electron chi connectivity index (χ2n) is 16.2. The standard InChI is InChI=1S/C45H38F5N11O4S/c1-44(2)42(65)60(27-13-10-24(21-51)31(19-27)45(48,49)50)43(66)61(44)28-14-15-29(32(47)20-28)40(63)52-16-6-4-5-7-34(62)55-26-11-8-23(9-12-26)37-36(39-53-22-54-59(39)3)38-35-30(41(64)58-57-38)17-25(46)18-33(35)56-37/h8-15,17-20,22,36-37,56H,4-7,16H2,1-3H3,(H,52,63)(H,55,62)(H,58,64)/t36-,37-/m0/s1. The number of nitrogens with one attached hydrogen (secondary N) is 4. The van der Waals surface area contributed by atoms with Gasteiger partial charge in [0.25, 0.3) is 17.4 Å². The molecule has 0 radical (unpaired) electrons. The molecule has 0 bridgehead atoms. The highest BCUT2D eigenvalue weighted by Gasteiger charge is 2.51. The van der Waals surface area contributed by atoms with E-state index in [-0.39, 0.29) is 46.3 Å². The predicted octanol–water partition coefficient (Wildman–Crippen LogP) is 7.36. The van der Waals surface area contributed by atoms with Gasteiger partial charge in [-0.3, -0.25) is 28.8 Å². The quantitative estimate of drug-likeness (QED) is 0.0544. The summed E-state index contributed by atoms with van der Waals surface area (Å²) in [6, 6.07) is 17.0. The van der Waals surface area contributed by atoms with Crippen molar-refractivity contribution in [1.29, 1.82) is 5.26 Å². The van der Waals surface area contributed by atoms with Crippen LogP contribution in [0.1, 0.15) is 90.1 Å². The number of aryl methyl sites for hydroxylation is 1. The summed E-state index contributed by atoms with van der Waals surface area (Å²) in [5.74, 6) is -3.11. The van der Waals surface area contributed by atoms with Gasteiger partial charge in [-0.05, 0) is 105 Å². The number of nitriles is 1. The van der Waals surface area contributed by atoms with Gasteiger partial charge in [-0.15, -0.1) is 0 Å². The lowest BCUT2D eigenvalue weighted by Crippen LogP contribution is -2.44. The third-order valence-corrected chi connectivity index (χ3v) is 11.9. The number of H-pyrrole nitrogens is 1. The van der Waals surface area contributed by atoms with Crippen molar-refractivity contribution < 1.29 is 36.3 Å². The molecule has 2 aliphatic rings. The highest BCUT2D eigenvalue weighted by atomic mass is 32.1. The molecule has 3 amide bonds. The predicted molar refractivity (Wildman–Crippen MR) is 237 cm³/mol. The highest BCUT2D eigenvalue weighted by Crippen LogP contribution is 2.46. The first kappa shape index (κ1) is 45.0. The monoisotopic (exact) mass is 923 g/mol. The Morgan fingerprint density at radius 2 is 1.71 bits per heavy atom. The van der Waals surface area contributed by atoms with Crippen LogP contribution in [0.3, 0.4) is 0 Å². The molecule has 0 unspecified atom stereocenters. The lowest BCUT2D eigenvalue weighted by molar-refractivity contribution is -0.137. The van der Waals surface area contributed by atoms with Crippen molar-refractivity contribution in [2.24, 2.45) is 7.05 Å². The third kappa shape index (κ3) is 8.30. The molecule has 4 heterocycles. The van der Waals surface area contributed by atoms with Crippen LogP contribution >= 0.6 is 12.2 Å². The van der Waals surface area contributed by atoms with Crippen LogP contribution < -0.4 is 31.3 Å². The average Bonchev–Trinajstić information content (AvgIpc) is 3.77. The number of anilines is 4. The molecular weight excluding hydrogens is 886 g/mol. The van der Waals surface area contributed by atoms with Crippen molar-refractivity contribution >= 4 is 68.6 Å². The summed E-state index contributed by atoms with van der Waals surface area (Å²) in [5, 5.41) is 29.6. The summed E-state index contributed by atoms with van der Waals surface area (Å²) >= 11 is 5.52. The van der Waals surface area contributed by atoms with Gasteiger partial charge in [0.1, 0.15) is 29.3 Å². The van der Waals surface area contributed by atoms with E-state index in [4.69, 9.17) is 12.2 Å². The van der Waals surface area contributed by atoms with Gasteiger partial charge in [-0.1, -0.05) is 18.6 Å². The molecular formula is C45H38F5N11O4S. The van der Waals surface area contributed by atoms with E-state index in [0.29, 0.717) is 53.6 Å². The minimum Gasteiger partial charge on any atom is -0.376 e. The number of unbranched alkanes of at least 4 members (excludes halogenated alkanes) is 2. The Balaban J connectivity index is 0.834. The van der Waals surface area contributed by atoms with Crippen molar-refractivity contribution in [2.75, 3.05) is 27.0 Å². The van der Waals surface area contributed by atoms with Crippen LogP contribution in [0.4, 0.5) is 44.7 Å². The first-order chi connectivity index (χ1) is 31.4. The molecule has 2 aromatic heterocycles. The minimum absolute atomic E-state index is 0.0844. The summed E-state index contributed by atoms with van der Waals surface area (Å²) < 4.78 is 72.9. The van der Waals surface area contributed by atoms with E-state index in [0.717, 1.165) is 22.6 Å². The fourth-order valence-corrected chi connectivity index (χ4v) is 8.86. The zero-order chi connectivity index (χ0) is 47.2. The van der Waals surface area contributed by atoms with E-state index in [9.17, 15) is 42.0 Å². The van der Waals surface area contributed by atoms with E-state index in [1.807, 2.05) is 12.1 Å². The molecule has 0 aliphatic carbocycles.